The Kier molecular flexibility index (Phi) is 3.05. The second-order valence-corrected chi connectivity index (χ2v) is 4.76. The number of carbonyl (C=O) groups excluding carboxylic acids is 1. The Labute approximate surface area is 112 Å². The number of hydrogen-bond donors (Lipinski definition) is 1. The van der Waals surface area contributed by atoms with Crippen molar-refractivity contribution in [1.82, 2.24) is 0 Å². The van der Waals surface area contributed by atoms with Crippen LogP contribution in [0, 0.1) is 0 Å². The van der Waals surface area contributed by atoms with Crippen molar-refractivity contribution in [3.8, 4) is 0 Å². The molecule has 1 heterocycles. The molecule has 96 valence electrons. The molecule has 3 nitrogen and oxygen atoms in total. The molecule has 19 heavy (non-hydrogen) atoms. The van der Waals surface area contributed by atoms with E-state index in [0.717, 1.165) is 24.2 Å². The van der Waals surface area contributed by atoms with Crippen LogP contribution >= 0.6 is 0 Å². The van der Waals surface area contributed by atoms with Gasteiger partial charge in [0.1, 0.15) is 6.04 Å². The van der Waals surface area contributed by atoms with Crippen molar-refractivity contribution in [3.05, 3.63) is 65.7 Å². The van der Waals surface area contributed by atoms with Gasteiger partial charge in [0.15, 0.2) is 0 Å². The Morgan fingerprint density at radius 3 is 2.53 bits per heavy atom. The molecule has 2 aromatic rings. The topological polar surface area (TPSA) is 46.3 Å². The molecule has 0 saturated carbocycles. The Bertz CT molecular complexity index is 595. The van der Waals surface area contributed by atoms with Gasteiger partial charge in [-0.3, -0.25) is 4.79 Å². The molecule has 0 aliphatic carbocycles. The monoisotopic (exact) mass is 252 g/mol. The second-order valence-electron chi connectivity index (χ2n) is 4.76. The number of nitrogens with zero attached hydrogens (tertiary/aromatic N) is 1. The molecular weight excluding hydrogens is 236 g/mol. The highest BCUT2D eigenvalue weighted by Crippen LogP contribution is 2.29. The van der Waals surface area contributed by atoms with Gasteiger partial charge >= 0.3 is 0 Å². The van der Waals surface area contributed by atoms with E-state index in [1.54, 1.807) is 4.90 Å². The molecule has 1 atom stereocenters. The van der Waals surface area contributed by atoms with Crippen LogP contribution in [0.25, 0.3) is 0 Å². The van der Waals surface area contributed by atoms with Crippen molar-refractivity contribution in [2.45, 2.75) is 12.5 Å². The summed E-state index contributed by atoms with van der Waals surface area (Å²) in [5.41, 5.74) is 9.16. The van der Waals surface area contributed by atoms with Crippen LogP contribution in [0.2, 0.25) is 0 Å². The van der Waals surface area contributed by atoms with E-state index in [9.17, 15) is 4.79 Å². The van der Waals surface area contributed by atoms with Crippen LogP contribution in [0.5, 0.6) is 0 Å². The first-order valence-corrected chi connectivity index (χ1v) is 6.47. The predicted octanol–water partition coefficient (Wildman–Crippen LogP) is 2.28. The summed E-state index contributed by atoms with van der Waals surface area (Å²) in [6.45, 7) is 0.721. The largest absolute Gasteiger partial charge is 0.316 e. The molecule has 0 unspecified atom stereocenters. The molecule has 0 aromatic heterocycles. The first-order valence-electron chi connectivity index (χ1n) is 6.47. The molecule has 0 fully saturated rings. The van der Waals surface area contributed by atoms with Gasteiger partial charge in [-0.25, -0.2) is 0 Å². The minimum atomic E-state index is -0.590. The smallest absolute Gasteiger partial charge is 0.248 e. The minimum Gasteiger partial charge on any atom is -0.316 e. The Balaban J connectivity index is 1.86. The van der Waals surface area contributed by atoms with Crippen LogP contribution in [-0.4, -0.2) is 12.5 Å². The molecule has 3 rings (SSSR count). The van der Waals surface area contributed by atoms with Crippen molar-refractivity contribution in [3.63, 3.8) is 0 Å². The Hall–Kier alpha value is -2.13. The molecule has 0 radical (unpaired) electrons. The summed E-state index contributed by atoms with van der Waals surface area (Å²) in [6.07, 6.45) is 0.906. The maximum absolute atomic E-state index is 12.5. The number of rotatable bonds is 2. The molecule has 1 aliphatic heterocycles. The fourth-order valence-corrected chi connectivity index (χ4v) is 2.54. The van der Waals surface area contributed by atoms with E-state index >= 15 is 0 Å². The van der Waals surface area contributed by atoms with Gasteiger partial charge in [0, 0.05) is 12.2 Å². The van der Waals surface area contributed by atoms with Crippen molar-refractivity contribution in [1.29, 1.82) is 0 Å². The van der Waals surface area contributed by atoms with Gasteiger partial charge in [0.2, 0.25) is 5.91 Å². The first-order chi connectivity index (χ1) is 9.27. The summed E-state index contributed by atoms with van der Waals surface area (Å²) in [4.78, 5) is 14.3. The van der Waals surface area contributed by atoms with E-state index in [-0.39, 0.29) is 5.91 Å². The lowest BCUT2D eigenvalue weighted by molar-refractivity contribution is -0.119. The van der Waals surface area contributed by atoms with E-state index in [1.807, 2.05) is 48.5 Å². The van der Waals surface area contributed by atoms with Crippen LogP contribution in [-0.2, 0) is 11.2 Å². The maximum atomic E-state index is 12.5. The molecule has 3 heteroatoms. The number of fused-ring (bicyclic) bond motifs is 1. The lowest BCUT2D eigenvalue weighted by atomic mass is 10.1. The summed E-state index contributed by atoms with van der Waals surface area (Å²) in [7, 11) is 0. The predicted molar refractivity (Wildman–Crippen MR) is 75.9 cm³/mol. The Morgan fingerprint density at radius 1 is 1.05 bits per heavy atom. The van der Waals surface area contributed by atoms with E-state index in [0.29, 0.717) is 0 Å². The molecule has 2 aromatic carbocycles. The summed E-state index contributed by atoms with van der Waals surface area (Å²) >= 11 is 0. The average Bonchev–Trinajstić information content (AvgIpc) is 2.90. The standard InChI is InChI=1S/C16H16N2O/c17-15(13-7-2-1-3-8-13)16(19)18-11-10-12-6-4-5-9-14(12)18/h1-9,15H,10-11,17H2/t15-/m1/s1. The molecule has 0 spiro atoms. The highest BCUT2D eigenvalue weighted by molar-refractivity contribution is 5.99. The van der Waals surface area contributed by atoms with Gasteiger partial charge in [-0.1, -0.05) is 48.5 Å². The molecule has 1 amide bonds. The number of anilines is 1. The minimum absolute atomic E-state index is 0.0313. The van der Waals surface area contributed by atoms with Crippen LogP contribution in [0.4, 0.5) is 5.69 Å². The van der Waals surface area contributed by atoms with Gasteiger partial charge in [0.05, 0.1) is 0 Å². The molecule has 2 N–H and O–H groups in total. The third kappa shape index (κ3) is 2.13. The number of amides is 1. The third-order valence-corrected chi connectivity index (χ3v) is 3.58. The molecular formula is C16H16N2O. The second kappa shape index (κ2) is 4.86. The van der Waals surface area contributed by atoms with Crippen molar-refractivity contribution in [2.24, 2.45) is 5.73 Å². The third-order valence-electron chi connectivity index (χ3n) is 3.58. The van der Waals surface area contributed by atoms with Crippen LogP contribution in [0.3, 0.4) is 0 Å². The van der Waals surface area contributed by atoms with Gasteiger partial charge < -0.3 is 10.6 Å². The van der Waals surface area contributed by atoms with Gasteiger partial charge in [-0.05, 0) is 23.6 Å². The summed E-state index contributed by atoms with van der Waals surface area (Å²) in [5.74, 6) is -0.0313. The summed E-state index contributed by atoms with van der Waals surface area (Å²) in [6, 6.07) is 16.9. The summed E-state index contributed by atoms with van der Waals surface area (Å²) in [5, 5.41) is 0. The van der Waals surface area contributed by atoms with Crippen LogP contribution in [0.1, 0.15) is 17.2 Å². The van der Waals surface area contributed by atoms with E-state index in [2.05, 4.69) is 6.07 Å². The highest BCUT2D eigenvalue weighted by atomic mass is 16.2. The molecule has 0 saturated heterocycles. The quantitative estimate of drug-likeness (QED) is 0.891. The number of hydrogen-bond acceptors (Lipinski definition) is 2. The van der Waals surface area contributed by atoms with Gasteiger partial charge in [0.25, 0.3) is 0 Å². The average molecular weight is 252 g/mol. The van der Waals surface area contributed by atoms with Gasteiger partial charge in [-0.2, -0.15) is 0 Å². The van der Waals surface area contributed by atoms with Crippen molar-refractivity contribution < 1.29 is 4.79 Å². The zero-order chi connectivity index (χ0) is 13.2. The summed E-state index contributed by atoms with van der Waals surface area (Å²) < 4.78 is 0. The normalized spacial score (nSPS) is 15.1. The number of benzene rings is 2. The van der Waals surface area contributed by atoms with Crippen LogP contribution < -0.4 is 10.6 Å². The van der Waals surface area contributed by atoms with E-state index in [4.69, 9.17) is 5.73 Å². The molecule has 1 aliphatic rings. The van der Waals surface area contributed by atoms with Crippen molar-refractivity contribution in [2.75, 3.05) is 11.4 Å². The number of nitrogens with two attached hydrogens (primary N) is 1. The first kappa shape index (κ1) is 11.9. The fraction of sp³-hybridized carbons (Fsp3) is 0.188. The highest BCUT2D eigenvalue weighted by Gasteiger charge is 2.28. The maximum Gasteiger partial charge on any atom is 0.248 e. The zero-order valence-electron chi connectivity index (χ0n) is 10.6. The fourth-order valence-electron chi connectivity index (χ4n) is 2.54. The SMILES string of the molecule is N[C@@H](C(=O)N1CCc2ccccc21)c1ccccc1. The Morgan fingerprint density at radius 2 is 1.74 bits per heavy atom. The lowest BCUT2D eigenvalue weighted by Gasteiger charge is -2.21. The van der Waals surface area contributed by atoms with Crippen molar-refractivity contribution >= 4 is 11.6 Å². The van der Waals surface area contributed by atoms with Gasteiger partial charge in [-0.15, -0.1) is 0 Å². The van der Waals surface area contributed by atoms with E-state index in [1.165, 1.54) is 5.56 Å². The van der Waals surface area contributed by atoms with E-state index < -0.39 is 6.04 Å². The lowest BCUT2D eigenvalue weighted by Crippen LogP contribution is -2.37. The van der Waals surface area contributed by atoms with Crippen LogP contribution in [0.15, 0.2) is 54.6 Å². The molecule has 0 bridgehead atoms. The zero-order valence-corrected chi connectivity index (χ0v) is 10.6. The number of para-hydroxylation sites is 1. The number of carbonyl (C=O) groups is 1.